The van der Waals surface area contributed by atoms with Crippen molar-refractivity contribution >= 4 is 29.5 Å². The van der Waals surface area contributed by atoms with Crippen molar-refractivity contribution in [2.75, 3.05) is 12.5 Å². The first-order valence-corrected chi connectivity index (χ1v) is 13.1. The van der Waals surface area contributed by atoms with Gasteiger partial charge in [-0.2, -0.15) is 0 Å². The second-order valence-corrected chi connectivity index (χ2v) is 11.7. The number of esters is 1. The first kappa shape index (κ1) is 25.5. The van der Waals surface area contributed by atoms with E-state index in [1.165, 1.54) is 0 Å². The summed E-state index contributed by atoms with van der Waals surface area (Å²) in [5.74, 6) is -0.104. The van der Waals surface area contributed by atoms with Gasteiger partial charge in [-0.25, -0.2) is 9.59 Å². The van der Waals surface area contributed by atoms with Crippen molar-refractivity contribution in [2.24, 2.45) is 28.6 Å². The highest BCUT2D eigenvalue weighted by atomic mass is 35.5. The number of aliphatic hydroxyl groups excluding tert-OH is 1. The van der Waals surface area contributed by atoms with Gasteiger partial charge in [0.15, 0.2) is 5.78 Å². The molecule has 190 valence electrons. The molecular formula is C26H37ClO7. The lowest BCUT2D eigenvalue weighted by molar-refractivity contribution is -0.203. The monoisotopic (exact) mass is 496 g/mol. The van der Waals surface area contributed by atoms with Crippen molar-refractivity contribution in [3.63, 3.8) is 0 Å². The van der Waals surface area contributed by atoms with Crippen LogP contribution in [0.5, 0.6) is 0 Å². The molecule has 7 nitrogen and oxygen atoms in total. The van der Waals surface area contributed by atoms with Crippen LogP contribution in [0.25, 0.3) is 0 Å². The van der Waals surface area contributed by atoms with Gasteiger partial charge in [0.05, 0.1) is 18.1 Å². The second kappa shape index (κ2) is 9.12. The molecule has 0 amide bonds. The number of fused-ring (bicyclic) bond motifs is 5. The largest absolute Gasteiger partial charge is 0.509 e. The molecule has 0 aliphatic heterocycles. The van der Waals surface area contributed by atoms with Crippen molar-refractivity contribution in [2.45, 2.75) is 90.4 Å². The maximum Gasteiger partial charge on any atom is 0.509 e. The molecule has 0 heterocycles. The van der Waals surface area contributed by atoms with E-state index in [1.54, 1.807) is 19.9 Å². The molecule has 0 saturated heterocycles. The van der Waals surface area contributed by atoms with Crippen LogP contribution in [0.4, 0.5) is 4.79 Å². The Kier molecular flexibility index (Phi) is 6.84. The van der Waals surface area contributed by atoms with E-state index in [9.17, 15) is 19.5 Å². The summed E-state index contributed by atoms with van der Waals surface area (Å²) in [4.78, 5) is 38.2. The number of ether oxygens (including phenoxy) is 3. The molecule has 34 heavy (non-hydrogen) atoms. The predicted octanol–water partition coefficient (Wildman–Crippen LogP) is 4.57. The molecule has 8 heteroatoms. The lowest BCUT2D eigenvalue weighted by atomic mass is 9.45. The highest BCUT2D eigenvalue weighted by Gasteiger charge is 2.71. The van der Waals surface area contributed by atoms with E-state index in [0.717, 1.165) is 24.8 Å². The van der Waals surface area contributed by atoms with Crippen LogP contribution in [-0.2, 0) is 23.8 Å². The summed E-state index contributed by atoms with van der Waals surface area (Å²) in [6.07, 6.45) is 3.98. The maximum absolute atomic E-state index is 13.5. The lowest BCUT2D eigenvalue weighted by Crippen LogP contribution is -2.63. The molecule has 4 aliphatic carbocycles. The van der Waals surface area contributed by atoms with Gasteiger partial charge in [-0.05, 0) is 81.6 Å². The molecular weight excluding hydrogens is 460 g/mol. The Bertz CT molecular complexity index is 884. The van der Waals surface area contributed by atoms with Crippen molar-refractivity contribution in [3.8, 4) is 0 Å². The Morgan fingerprint density at radius 2 is 1.94 bits per heavy atom. The minimum atomic E-state index is -1.54. The van der Waals surface area contributed by atoms with Crippen molar-refractivity contribution in [1.29, 1.82) is 0 Å². The molecule has 0 aromatic carbocycles. The van der Waals surface area contributed by atoms with Crippen LogP contribution in [-0.4, -0.2) is 53.3 Å². The number of ketones is 1. The van der Waals surface area contributed by atoms with E-state index < -0.39 is 35.3 Å². The number of alkyl halides is 1. The standard InChI is InChI=1S/C26H37ClO7/c1-15(2)33-23(31)34-26(22(30)32-12-11-27)10-8-19-18-6-5-16-13-17(28)7-9-24(16,3)21(18)20(29)14-25(19,26)4/h13,15,18-21,29H,5-12,14H2,1-4H3/t18-,19-,20-,21+,24-,25-,26-/m0/s1. The van der Waals surface area contributed by atoms with Gasteiger partial charge in [0, 0.05) is 11.8 Å². The van der Waals surface area contributed by atoms with E-state index >= 15 is 0 Å². The zero-order valence-corrected chi connectivity index (χ0v) is 21.4. The summed E-state index contributed by atoms with van der Waals surface area (Å²) in [7, 11) is 0. The van der Waals surface area contributed by atoms with Crippen molar-refractivity contribution in [1.82, 2.24) is 0 Å². The van der Waals surface area contributed by atoms with Gasteiger partial charge in [0.1, 0.15) is 6.61 Å². The van der Waals surface area contributed by atoms with Gasteiger partial charge in [0.2, 0.25) is 5.60 Å². The van der Waals surface area contributed by atoms with Gasteiger partial charge >= 0.3 is 12.1 Å². The fraction of sp³-hybridized carbons (Fsp3) is 0.808. The van der Waals surface area contributed by atoms with Crippen LogP contribution >= 0.6 is 11.6 Å². The minimum absolute atomic E-state index is 0.00375. The van der Waals surface area contributed by atoms with E-state index in [4.69, 9.17) is 25.8 Å². The fourth-order valence-corrected chi connectivity index (χ4v) is 7.90. The molecule has 3 saturated carbocycles. The number of carbonyl (C=O) groups is 3. The molecule has 0 unspecified atom stereocenters. The summed E-state index contributed by atoms with van der Waals surface area (Å²) < 4.78 is 16.6. The average Bonchev–Trinajstić information content (AvgIpc) is 3.04. The molecule has 0 aromatic heterocycles. The van der Waals surface area contributed by atoms with Gasteiger partial charge in [-0.15, -0.1) is 11.6 Å². The summed E-state index contributed by atoms with van der Waals surface area (Å²) in [6.45, 7) is 7.59. The van der Waals surface area contributed by atoms with E-state index in [2.05, 4.69) is 6.92 Å². The van der Waals surface area contributed by atoms with Gasteiger partial charge in [-0.3, -0.25) is 4.79 Å². The molecule has 3 fully saturated rings. The summed E-state index contributed by atoms with van der Waals surface area (Å²) >= 11 is 5.77. The third-order valence-electron chi connectivity index (χ3n) is 9.25. The predicted molar refractivity (Wildman–Crippen MR) is 125 cm³/mol. The SMILES string of the molecule is CC(C)OC(=O)O[C@]1(C(=O)OCCCl)CC[C@H]2[C@@H]3CCC4=CC(=O)CC[C@]4(C)[C@H]3[C@@H](O)C[C@@]21C. The Hall–Kier alpha value is -1.60. The lowest BCUT2D eigenvalue weighted by Gasteiger charge is -2.60. The van der Waals surface area contributed by atoms with Crippen LogP contribution in [0.15, 0.2) is 11.6 Å². The fourth-order valence-electron chi connectivity index (χ4n) is 7.83. The minimum Gasteiger partial charge on any atom is -0.461 e. The molecule has 4 rings (SSSR count). The number of hydrogen-bond acceptors (Lipinski definition) is 7. The molecule has 0 bridgehead atoms. The summed E-state index contributed by atoms with van der Waals surface area (Å²) in [6, 6.07) is 0. The smallest absolute Gasteiger partial charge is 0.461 e. The van der Waals surface area contributed by atoms with E-state index in [1.807, 2.05) is 6.92 Å². The second-order valence-electron chi connectivity index (χ2n) is 11.3. The van der Waals surface area contributed by atoms with Crippen molar-refractivity contribution < 1.29 is 33.7 Å². The highest BCUT2D eigenvalue weighted by Crippen LogP contribution is 2.68. The number of carbonyl (C=O) groups excluding carboxylic acids is 3. The molecule has 1 N–H and O–H groups in total. The Labute approximate surface area is 206 Å². The first-order valence-electron chi connectivity index (χ1n) is 12.5. The quantitative estimate of drug-likeness (QED) is 0.439. The number of hydrogen-bond donors (Lipinski definition) is 1. The number of aliphatic hydroxyl groups is 1. The van der Waals surface area contributed by atoms with Crippen LogP contribution in [0, 0.1) is 28.6 Å². The van der Waals surface area contributed by atoms with Crippen LogP contribution in [0.1, 0.15) is 72.6 Å². The normalized spacial score (nSPS) is 41.1. The molecule has 7 atom stereocenters. The molecule has 0 spiro atoms. The topological polar surface area (TPSA) is 99.1 Å². The van der Waals surface area contributed by atoms with Gasteiger partial charge in [0.25, 0.3) is 0 Å². The zero-order chi connectivity index (χ0) is 24.9. The molecule has 0 aromatic rings. The van der Waals surface area contributed by atoms with Crippen molar-refractivity contribution in [3.05, 3.63) is 11.6 Å². The van der Waals surface area contributed by atoms with Crippen LogP contribution in [0.3, 0.4) is 0 Å². The van der Waals surface area contributed by atoms with Gasteiger partial charge in [-0.1, -0.05) is 19.4 Å². The highest BCUT2D eigenvalue weighted by molar-refractivity contribution is 6.18. The van der Waals surface area contributed by atoms with Crippen LogP contribution < -0.4 is 0 Å². The average molecular weight is 497 g/mol. The number of allylic oxidation sites excluding steroid dienone is 1. The Morgan fingerprint density at radius 3 is 2.62 bits per heavy atom. The third-order valence-corrected chi connectivity index (χ3v) is 9.40. The molecule has 4 aliphatic rings. The first-order chi connectivity index (χ1) is 16.0. The Balaban J connectivity index is 1.71. The van der Waals surface area contributed by atoms with E-state index in [0.29, 0.717) is 25.7 Å². The zero-order valence-electron chi connectivity index (χ0n) is 20.6. The van der Waals surface area contributed by atoms with Crippen LogP contribution in [0.2, 0.25) is 0 Å². The Morgan fingerprint density at radius 1 is 1.21 bits per heavy atom. The summed E-state index contributed by atoms with van der Waals surface area (Å²) in [5.41, 5.74) is -1.44. The maximum atomic E-state index is 13.5. The number of rotatable bonds is 5. The van der Waals surface area contributed by atoms with Gasteiger partial charge < -0.3 is 19.3 Å². The van der Waals surface area contributed by atoms with E-state index in [-0.39, 0.29) is 41.4 Å². The number of halogens is 1. The third kappa shape index (κ3) is 3.87. The molecule has 0 radical (unpaired) electrons. The summed E-state index contributed by atoms with van der Waals surface area (Å²) in [5, 5.41) is 11.6.